The molecule has 1 aliphatic rings. The standard InChI is InChI=1S/C14H25N3/c1-3-12-10-14(17(4-2)16-12)11-15-13-8-6-5-7-9-13/h10,13,15H,3-9,11H2,1-2H3. The van der Waals surface area contributed by atoms with E-state index >= 15 is 0 Å². The first-order valence-corrected chi connectivity index (χ1v) is 7.12. The summed E-state index contributed by atoms with van der Waals surface area (Å²) in [5, 5.41) is 8.28. The molecule has 0 aliphatic heterocycles. The Balaban J connectivity index is 1.90. The summed E-state index contributed by atoms with van der Waals surface area (Å²) in [5.41, 5.74) is 2.56. The lowest BCUT2D eigenvalue weighted by Crippen LogP contribution is -2.31. The Morgan fingerprint density at radius 1 is 1.29 bits per heavy atom. The SMILES string of the molecule is CCc1cc(CNC2CCCCC2)n(CC)n1. The van der Waals surface area contributed by atoms with Gasteiger partial charge in [0.25, 0.3) is 0 Å². The average Bonchev–Trinajstić information content (AvgIpc) is 2.80. The highest BCUT2D eigenvalue weighted by Crippen LogP contribution is 2.18. The summed E-state index contributed by atoms with van der Waals surface area (Å²) in [5.74, 6) is 0. The van der Waals surface area contributed by atoms with Gasteiger partial charge < -0.3 is 5.32 Å². The highest BCUT2D eigenvalue weighted by Gasteiger charge is 2.13. The first kappa shape index (κ1) is 12.6. The molecule has 17 heavy (non-hydrogen) atoms. The minimum absolute atomic E-state index is 0.731. The van der Waals surface area contributed by atoms with E-state index in [4.69, 9.17) is 0 Å². The molecular formula is C14H25N3. The third kappa shape index (κ3) is 3.32. The van der Waals surface area contributed by atoms with Crippen LogP contribution in [-0.2, 0) is 19.5 Å². The molecule has 0 atom stereocenters. The largest absolute Gasteiger partial charge is 0.308 e. The molecule has 0 radical (unpaired) electrons. The second kappa shape index (κ2) is 6.20. The molecule has 1 aliphatic carbocycles. The van der Waals surface area contributed by atoms with Gasteiger partial charge in [0, 0.05) is 19.1 Å². The number of nitrogens with one attached hydrogen (secondary N) is 1. The van der Waals surface area contributed by atoms with Crippen LogP contribution in [0.2, 0.25) is 0 Å². The van der Waals surface area contributed by atoms with Crippen LogP contribution in [0.25, 0.3) is 0 Å². The molecule has 3 nitrogen and oxygen atoms in total. The van der Waals surface area contributed by atoms with Crippen molar-refractivity contribution in [2.75, 3.05) is 0 Å². The predicted molar refractivity (Wildman–Crippen MR) is 71.0 cm³/mol. The van der Waals surface area contributed by atoms with E-state index in [2.05, 4.69) is 35.0 Å². The summed E-state index contributed by atoms with van der Waals surface area (Å²) < 4.78 is 2.13. The van der Waals surface area contributed by atoms with E-state index in [1.54, 1.807) is 0 Å². The van der Waals surface area contributed by atoms with Crippen molar-refractivity contribution in [3.05, 3.63) is 17.5 Å². The molecular weight excluding hydrogens is 210 g/mol. The van der Waals surface area contributed by atoms with Crippen LogP contribution in [0.3, 0.4) is 0 Å². The van der Waals surface area contributed by atoms with Crippen LogP contribution < -0.4 is 5.32 Å². The Bertz CT molecular complexity index is 337. The van der Waals surface area contributed by atoms with Crippen molar-refractivity contribution in [1.82, 2.24) is 15.1 Å². The molecule has 0 amide bonds. The highest BCUT2D eigenvalue weighted by atomic mass is 15.3. The number of aromatic nitrogens is 2. The van der Waals surface area contributed by atoms with Crippen molar-refractivity contribution in [2.45, 2.75) is 71.5 Å². The summed E-state index contributed by atoms with van der Waals surface area (Å²) in [4.78, 5) is 0. The summed E-state index contributed by atoms with van der Waals surface area (Å²) in [7, 11) is 0. The van der Waals surface area contributed by atoms with E-state index in [-0.39, 0.29) is 0 Å². The zero-order valence-electron chi connectivity index (χ0n) is 11.2. The lowest BCUT2D eigenvalue weighted by Gasteiger charge is -2.22. The summed E-state index contributed by atoms with van der Waals surface area (Å²) in [6.45, 7) is 6.28. The monoisotopic (exact) mass is 235 g/mol. The minimum Gasteiger partial charge on any atom is -0.308 e. The third-order valence-electron chi connectivity index (χ3n) is 3.75. The van der Waals surface area contributed by atoms with Crippen molar-refractivity contribution in [1.29, 1.82) is 0 Å². The topological polar surface area (TPSA) is 29.9 Å². The number of hydrogen-bond donors (Lipinski definition) is 1. The molecule has 96 valence electrons. The Morgan fingerprint density at radius 2 is 2.06 bits per heavy atom. The van der Waals surface area contributed by atoms with Crippen molar-refractivity contribution >= 4 is 0 Å². The van der Waals surface area contributed by atoms with Gasteiger partial charge in [0.05, 0.1) is 11.4 Å². The molecule has 1 heterocycles. The number of hydrogen-bond acceptors (Lipinski definition) is 2. The minimum atomic E-state index is 0.731. The first-order valence-electron chi connectivity index (χ1n) is 7.12. The van der Waals surface area contributed by atoms with Crippen LogP contribution in [0.4, 0.5) is 0 Å². The third-order valence-corrected chi connectivity index (χ3v) is 3.75. The lowest BCUT2D eigenvalue weighted by atomic mass is 9.95. The fourth-order valence-electron chi connectivity index (χ4n) is 2.66. The zero-order valence-corrected chi connectivity index (χ0v) is 11.2. The maximum atomic E-state index is 4.59. The molecule has 1 aromatic heterocycles. The van der Waals surface area contributed by atoms with Crippen LogP contribution in [-0.4, -0.2) is 15.8 Å². The number of nitrogens with zero attached hydrogens (tertiary/aromatic N) is 2. The lowest BCUT2D eigenvalue weighted by molar-refractivity contribution is 0.367. The highest BCUT2D eigenvalue weighted by molar-refractivity contribution is 5.10. The van der Waals surface area contributed by atoms with Crippen molar-refractivity contribution in [2.24, 2.45) is 0 Å². The normalized spacial score (nSPS) is 17.5. The Morgan fingerprint density at radius 3 is 2.71 bits per heavy atom. The first-order chi connectivity index (χ1) is 8.33. The summed E-state index contributed by atoms with van der Waals surface area (Å²) in [6, 6.07) is 2.98. The zero-order chi connectivity index (χ0) is 12.1. The molecule has 2 rings (SSSR count). The van der Waals surface area contributed by atoms with Crippen LogP contribution in [0.15, 0.2) is 6.07 Å². The molecule has 0 bridgehead atoms. The van der Waals surface area contributed by atoms with Gasteiger partial charge in [-0.3, -0.25) is 4.68 Å². The molecule has 0 aromatic carbocycles. The number of rotatable bonds is 5. The smallest absolute Gasteiger partial charge is 0.0625 e. The Hall–Kier alpha value is -0.830. The van der Waals surface area contributed by atoms with E-state index in [0.29, 0.717) is 0 Å². The molecule has 1 N–H and O–H groups in total. The molecule has 0 saturated heterocycles. The van der Waals surface area contributed by atoms with Gasteiger partial charge in [-0.15, -0.1) is 0 Å². The fraction of sp³-hybridized carbons (Fsp3) is 0.786. The maximum absolute atomic E-state index is 4.59. The Kier molecular flexibility index (Phi) is 4.60. The van der Waals surface area contributed by atoms with Crippen LogP contribution in [0.1, 0.15) is 57.3 Å². The second-order valence-corrected chi connectivity index (χ2v) is 5.01. The summed E-state index contributed by atoms with van der Waals surface area (Å²) >= 11 is 0. The van der Waals surface area contributed by atoms with E-state index in [1.807, 2.05) is 0 Å². The Labute approximate surface area is 105 Å². The van der Waals surface area contributed by atoms with Gasteiger partial charge in [-0.2, -0.15) is 5.10 Å². The van der Waals surface area contributed by atoms with Gasteiger partial charge in [-0.1, -0.05) is 26.2 Å². The average molecular weight is 235 g/mol. The molecule has 1 saturated carbocycles. The maximum Gasteiger partial charge on any atom is 0.0625 e. The second-order valence-electron chi connectivity index (χ2n) is 5.01. The van der Waals surface area contributed by atoms with E-state index in [1.165, 1.54) is 43.5 Å². The van der Waals surface area contributed by atoms with E-state index in [0.717, 1.165) is 25.6 Å². The fourth-order valence-corrected chi connectivity index (χ4v) is 2.66. The van der Waals surface area contributed by atoms with Crippen LogP contribution in [0.5, 0.6) is 0 Å². The van der Waals surface area contributed by atoms with Gasteiger partial charge in [-0.25, -0.2) is 0 Å². The van der Waals surface area contributed by atoms with Crippen molar-refractivity contribution in [3.8, 4) is 0 Å². The molecule has 0 unspecified atom stereocenters. The van der Waals surface area contributed by atoms with Gasteiger partial charge in [-0.05, 0) is 32.3 Å². The van der Waals surface area contributed by atoms with Crippen molar-refractivity contribution in [3.63, 3.8) is 0 Å². The molecule has 3 heteroatoms. The van der Waals surface area contributed by atoms with Gasteiger partial charge in [0.15, 0.2) is 0 Å². The quantitative estimate of drug-likeness (QED) is 0.850. The summed E-state index contributed by atoms with van der Waals surface area (Å²) in [6.07, 6.45) is 7.94. The van der Waals surface area contributed by atoms with Gasteiger partial charge in [0.2, 0.25) is 0 Å². The molecule has 0 spiro atoms. The van der Waals surface area contributed by atoms with E-state index in [9.17, 15) is 0 Å². The van der Waals surface area contributed by atoms with Crippen LogP contribution in [0, 0.1) is 0 Å². The predicted octanol–water partition coefficient (Wildman–Crippen LogP) is 2.89. The van der Waals surface area contributed by atoms with E-state index < -0.39 is 0 Å². The van der Waals surface area contributed by atoms with Gasteiger partial charge >= 0.3 is 0 Å². The van der Waals surface area contributed by atoms with Crippen LogP contribution >= 0.6 is 0 Å². The van der Waals surface area contributed by atoms with Gasteiger partial charge in [0.1, 0.15) is 0 Å². The van der Waals surface area contributed by atoms with Crippen molar-refractivity contribution < 1.29 is 0 Å². The molecule has 1 fully saturated rings. The molecule has 1 aromatic rings. The number of aryl methyl sites for hydroxylation is 2.